The van der Waals surface area contributed by atoms with E-state index >= 15 is 0 Å². The number of nitrogens with one attached hydrogen (secondary N) is 2. The van der Waals surface area contributed by atoms with Crippen LogP contribution in [0.5, 0.6) is 0 Å². The van der Waals surface area contributed by atoms with Gasteiger partial charge in [-0.3, -0.25) is 9.59 Å². The number of hydrogen-bond acceptors (Lipinski definition) is 3. The lowest BCUT2D eigenvalue weighted by atomic mass is 10.0. The number of hydrogen-bond donors (Lipinski definition) is 2. The number of halogens is 3. The van der Waals surface area contributed by atoms with Crippen molar-refractivity contribution in [2.45, 2.75) is 32.5 Å². The molecule has 0 radical (unpaired) electrons. The van der Waals surface area contributed by atoms with Gasteiger partial charge in [-0.1, -0.05) is 26.0 Å². The topological polar surface area (TPSA) is 71.3 Å². The van der Waals surface area contributed by atoms with Gasteiger partial charge in [0, 0.05) is 12.6 Å². The van der Waals surface area contributed by atoms with Crippen molar-refractivity contribution < 1.29 is 27.2 Å². The summed E-state index contributed by atoms with van der Waals surface area (Å²) in [6.45, 7) is 3.83. The van der Waals surface area contributed by atoms with E-state index in [1.54, 1.807) is 0 Å². The van der Waals surface area contributed by atoms with Gasteiger partial charge in [-0.15, -0.1) is 0 Å². The molecule has 27 heavy (non-hydrogen) atoms. The molecular weight excluding hydrogens is 361 g/mol. The van der Waals surface area contributed by atoms with Gasteiger partial charge in [-0.05, 0) is 36.6 Å². The molecule has 8 heteroatoms. The number of carbonyl (C=O) groups is 2. The fourth-order valence-electron chi connectivity index (χ4n) is 2.57. The second-order valence-electron chi connectivity index (χ2n) is 6.51. The van der Waals surface area contributed by atoms with Crippen LogP contribution >= 0.6 is 0 Å². The maximum atomic E-state index is 12.8. The number of alkyl halides is 3. The highest BCUT2D eigenvalue weighted by Gasteiger charge is 2.30. The first-order valence-corrected chi connectivity index (χ1v) is 8.41. The lowest BCUT2D eigenvalue weighted by Crippen LogP contribution is -2.46. The Morgan fingerprint density at radius 1 is 1.15 bits per heavy atom. The fourth-order valence-corrected chi connectivity index (χ4v) is 2.57. The van der Waals surface area contributed by atoms with Crippen molar-refractivity contribution >= 4 is 11.8 Å². The second kappa shape index (κ2) is 8.28. The van der Waals surface area contributed by atoms with Gasteiger partial charge in [0.2, 0.25) is 5.91 Å². The molecule has 2 aromatic rings. The summed E-state index contributed by atoms with van der Waals surface area (Å²) in [5.41, 5.74) is -0.604. The Labute approximate surface area is 154 Å². The Morgan fingerprint density at radius 2 is 1.85 bits per heavy atom. The van der Waals surface area contributed by atoms with Gasteiger partial charge < -0.3 is 15.1 Å². The summed E-state index contributed by atoms with van der Waals surface area (Å²) in [5.74, 6) is -0.722. The van der Waals surface area contributed by atoms with Crippen LogP contribution in [0.2, 0.25) is 0 Å². The van der Waals surface area contributed by atoms with Crippen LogP contribution in [0, 0.1) is 5.92 Å². The van der Waals surface area contributed by atoms with E-state index in [1.807, 2.05) is 13.8 Å². The van der Waals surface area contributed by atoms with Gasteiger partial charge >= 0.3 is 6.18 Å². The number of amides is 2. The Hall–Kier alpha value is -2.77. The molecule has 0 saturated carbocycles. The third-order valence-electron chi connectivity index (χ3n) is 3.88. The number of furan rings is 1. The predicted octanol–water partition coefficient (Wildman–Crippen LogP) is 3.86. The zero-order valence-electron chi connectivity index (χ0n) is 15.2. The Balaban J connectivity index is 2.19. The van der Waals surface area contributed by atoms with Crippen LogP contribution in [0.15, 0.2) is 40.8 Å². The van der Waals surface area contributed by atoms with Crippen molar-refractivity contribution in [2.24, 2.45) is 5.92 Å². The molecule has 0 saturated heterocycles. The van der Waals surface area contributed by atoms with Crippen LogP contribution in [0.25, 0.3) is 11.3 Å². The smallest absolute Gasteiger partial charge is 0.416 e. The highest BCUT2D eigenvalue weighted by atomic mass is 19.4. The summed E-state index contributed by atoms with van der Waals surface area (Å²) in [7, 11) is 1.47. The lowest BCUT2D eigenvalue weighted by molar-refractivity contribution is -0.137. The minimum Gasteiger partial charge on any atom is -0.451 e. The van der Waals surface area contributed by atoms with Gasteiger partial charge in [-0.25, -0.2) is 0 Å². The third kappa shape index (κ3) is 5.35. The third-order valence-corrected chi connectivity index (χ3v) is 3.88. The first-order chi connectivity index (χ1) is 12.6. The molecule has 2 rings (SSSR count). The van der Waals surface area contributed by atoms with Crippen LogP contribution in [-0.2, 0) is 11.0 Å². The van der Waals surface area contributed by atoms with Crippen molar-refractivity contribution in [3.05, 3.63) is 47.7 Å². The summed E-state index contributed by atoms with van der Waals surface area (Å²) in [6, 6.07) is 6.69. The van der Waals surface area contributed by atoms with Crippen LogP contribution in [0.1, 0.15) is 36.4 Å². The predicted molar refractivity (Wildman–Crippen MR) is 93.9 cm³/mol. The number of benzene rings is 1. The zero-order valence-corrected chi connectivity index (χ0v) is 15.2. The van der Waals surface area contributed by atoms with E-state index in [-0.39, 0.29) is 28.9 Å². The van der Waals surface area contributed by atoms with Crippen molar-refractivity contribution in [3.8, 4) is 11.3 Å². The van der Waals surface area contributed by atoms with E-state index < -0.39 is 23.7 Å². The van der Waals surface area contributed by atoms with Crippen LogP contribution in [0.3, 0.4) is 0 Å². The van der Waals surface area contributed by atoms with E-state index in [9.17, 15) is 22.8 Å². The average molecular weight is 382 g/mol. The van der Waals surface area contributed by atoms with Crippen molar-refractivity contribution in [1.82, 2.24) is 10.6 Å². The van der Waals surface area contributed by atoms with Gasteiger partial charge in [0.1, 0.15) is 11.8 Å². The largest absolute Gasteiger partial charge is 0.451 e. The molecule has 0 fully saturated rings. The molecule has 0 aliphatic rings. The summed E-state index contributed by atoms with van der Waals surface area (Å²) in [5, 5.41) is 5.08. The maximum absolute atomic E-state index is 12.8. The molecule has 1 unspecified atom stereocenters. The van der Waals surface area contributed by atoms with Gasteiger partial charge in [0.25, 0.3) is 5.91 Å². The molecule has 5 nitrogen and oxygen atoms in total. The molecule has 0 bridgehead atoms. The number of likely N-dealkylation sites (N-methyl/N-ethyl adjacent to an activating group) is 1. The molecular formula is C19H21F3N2O3. The van der Waals surface area contributed by atoms with Crippen molar-refractivity contribution in [2.75, 3.05) is 7.05 Å². The van der Waals surface area contributed by atoms with Crippen molar-refractivity contribution in [3.63, 3.8) is 0 Å². The van der Waals surface area contributed by atoms with E-state index in [4.69, 9.17) is 4.42 Å². The van der Waals surface area contributed by atoms with E-state index in [0.29, 0.717) is 6.42 Å². The average Bonchev–Trinajstić information content (AvgIpc) is 3.09. The minimum absolute atomic E-state index is 0.0833. The standard InChI is InChI=1S/C19H21F3N2O3/c1-11(2)9-14(17(25)23-3)24-18(26)16-8-7-15(27-16)12-5-4-6-13(10-12)19(20,21)22/h4-8,10-11,14H,9H2,1-3H3,(H,23,25)(H,24,26). The van der Waals surface area contributed by atoms with Crippen LogP contribution in [0.4, 0.5) is 13.2 Å². The van der Waals surface area contributed by atoms with Gasteiger partial charge in [-0.2, -0.15) is 13.2 Å². The van der Waals surface area contributed by atoms with Crippen LogP contribution < -0.4 is 10.6 Å². The van der Waals surface area contributed by atoms with E-state index in [0.717, 1.165) is 12.1 Å². The highest BCUT2D eigenvalue weighted by Crippen LogP contribution is 2.32. The summed E-state index contributed by atoms with van der Waals surface area (Å²) in [6.07, 6.45) is -4.03. The maximum Gasteiger partial charge on any atom is 0.416 e. The molecule has 146 valence electrons. The Bertz CT molecular complexity index is 813. The number of carbonyl (C=O) groups excluding carboxylic acids is 2. The van der Waals surface area contributed by atoms with E-state index in [1.165, 1.54) is 31.3 Å². The monoisotopic (exact) mass is 382 g/mol. The molecule has 1 aromatic heterocycles. The molecule has 1 aromatic carbocycles. The minimum atomic E-state index is -4.47. The SMILES string of the molecule is CNC(=O)C(CC(C)C)NC(=O)c1ccc(-c2cccc(C(F)(F)F)c2)o1. The molecule has 0 aliphatic carbocycles. The lowest BCUT2D eigenvalue weighted by Gasteiger charge is -2.18. The zero-order chi connectivity index (χ0) is 20.2. The normalized spacial score (nSPS) is 12.7. The quantitative estimate of drug-likeness (QED) is 0.797. The highest BCUT2D eigenvalue weighted by molar-refractivity contribution is 5.95. The van der Waals surface area contributed by atoms with Crippen molar-refractivity contribution in [1.29, 1.82) is 0 Å². The molecule has 0 aliphatic heterocycles. The Kier molecular flexibility index (Phi) is 6.30. The van der Waals surface area contributed by atoms with E-state index in [2.05, 4.69) is 10.6 Å². The van der Waals surface area contributed by atoms with Gasteiger partial charge in [0.15, 0.2) is 5.76 Å². The number of rotatable bonds is 6. The van der Waals surface area contributed by atoms with Gasteiger partial charge in [0.05, 0.1) is 5.56 Å². The first kappa shape index (κ1) is 20.5. The molecule has 1 heterocycles. The second-order valence-corrected chi connectivity index (χ2v) is 6.51. The summed E-state index contributed by atoms with van der Waals surface area (Å²) < 4.78 is 43.9. The molecule has 0 spiro atoms. The molecule has 2 amide bonds. The summed E-state index contributed by atoms with van der Waals surface area (Å²) >= 11 is 0. The molecule has 1 atom stereocenters. The Morgan fingerprint density at radius 3 is 2.44 bits per heavy atom. The fraction of sp³-hybridized carbons (Fsp3) is 0.368. The summed E-state index contributed by atoms with van der Waals surface area (Å²) in [4.78, 5) is 24.3. The molecule has 2 N–H and O–H groups in total. The van der Waals surface area contributed by atoms with Crippen LogP contribution in [-0.4, -0.2) is 24.9 Å². The first-order valence-electron chi connectivity index (χ1n) is 8.41.